The first-order valence-electron chi connectivity index (χ1n) is 11.5. The van der Waals surface area contributed by atoms with Gasteiger partial charge in [-0.3, -0.25) is 9.48 Å². The maximum absolute atomic E-state index is 13.3. The summed E-state index contributed by atoms with van der Waals surface area (Å²) in [5, 5.41) is 5.31. The van der Waals surface area contributed by atoms with Gasteiger partial charge >= 0.3 is 0 Å². The van der Waals surface area contributed by atoms with Crippen LogP contribution < -0.4 is 16.0 Å². The SMILES string of the molecule is COc1cccc2c(-c3cnn(Cc4cccn([C@H](C)C5CCOCC5)c4=O)c3)nc(N)nc12. The lowest BCUT2D eigenvalue weighted by molar-refractivity contribution is 0.0508. The molecule has 1 fully saturated rings. The minimum absolute atomic E-state index is 0.0139. The lowest BCUT2D eigenvalue weighted by Crippen LogP contribution is -2.32. The van der Waals surface area contributed by atoms with E-state index in [-0.39, 0.29) is 17.5 Å². The molecule has 0 unspecified atom stereocenters. The number of ether oxygens (including phenoxy) is 2. The molecule has 2 N–H and O–H groups in total. The molecule has 1 aromatic carbocycles. The van der Waals surface area contributed by atoms with Crippen molar-refractivity contribution in [3.8, 4) is 17.0 Å². The van der Waals surface area contributed by atoms with Crippen molar-refractivity contribution in [1.82, 2.24) is 24.3 Å². The average Bonchev–Trinajstić information content (AvgIpc) is 3.33. The highest BCUT2D eigenvalue weighted by Gasteiger charge is 2.23. The molecule has 0 radical (unpaired) electrons. The first-order chi connectivity index (χ1) is 16.5. The van der Waals surface area contributed by atoms with E-state index in [0.29, 0.717) is 35.0 Å². The van der Waals surface area contributed by atoms with E-state index < -0.39 is 0 Å². The van der Waals surface area contributed by atoms with Crippen LogP contribution in [0, 0.1) is 5.92 Å². The van der Waals surface area contributed by atoms with Gasteiger partial charge in [0.25, 0.3) is 5.56 Å². The molecule has 1 saturated heterocycles. The number of rotatable bonds is 6. The summed E-state index contributed by atoms with van der Waals surface area (Å²) in [5.41, 5.74) is 8.79. The second-order valence-electron chi connectivity index (χ2n) is 8.65. The number of nitrogens with two attached hydrogens (primary N) is 1. The zero-order chi connectivity index (χ0) is 23.7. The molecule has 1 aliphatic heterocycles. The summed E-state index contributed by atoms with van der Waals surface area (Å²) in [5.74, 6) is 1.23. The van der Waals surface area contributed by atoms with Gasteiger partial charge in [-0.05, 0) is 37.8 Å². The van der Waals surface area contributed by atoms with Crippen LogP contribution in [0.2, 0.25) is 0 Å². The number of para-hydroxylation sites is 1. The van der Waals surface area contributed by atoms with Gasteiger partial charge in [0.1, 0.15) is 11.3 Å². The number of anilines is 1. The van der Waals surface area contributed by atoms with E-state index in [1.165, 1.54) is 0 Å². The van der Waals surface area contributed by atoms with Gasteiger partial charge in [-0.2, -0.15) is 5.10 Å². The summed E-state index contributed by atoms with van der Waals surface area (Å²) < 4.78 is 14.5. The third-order valence-electron chi connectivity index (χ3n) is 6.61. The Labute approximate surface area is 197 Å². The third kappa shape index (κ3) is 4.14. The van der Waals surface area contributed by atoms with Crippen LogP contribution in [0.5, 0.6) is 5.75 Å². The lowest BCUT2D eigenvalue weighted by atomic mass is 9.92. The van der Waals surface area contributed by atoms with Crippen LogP contribution >= 0.6 is 0 Å². The molecule has 4 heterocycles. The minimum Gasteiger partial charge on any atom is -0.494 e. The molecule has 0 amide bonds. The van der Waals surface area contributed by atoms with Gasteiger partial charge in [-0.25, -0.2) is 9.97 Å². The number of methoxy groups -OCH3 is 1. The normalized spacial score (nSPS) is 15.5. The second-order valence-corrected chi connectivity index (χ2v) is 8.65. The van der Waals surface area contributed by atoms with Crippen molar-refractivity contribution < 1.29 is 9.47 Å². The highest BCUT2D eigenvalue weighted by Crippen LogP contribution is 2.31. The Morgan fingerprint density at radius 1 is 1.21 bits per heavy atom. The van der Waals surface area contributed by atoms with E-state index in [1.807, 2.05) is 47.3 Å². The van der Waals surface area contributed by atoms with Crippen LogP contribution in [0.4, 0.5) is 5.95 Å². The number of hydrogen-bond donors (Lipinski definition) is 1. The van der Waals surface area contributed by atoms with Gasteiger partial charge in [0, 0.05) is 48.2 Å². The number of fused-ring (bicyclic) bond motifs is 1. The number of aromatic nitrogens is 5. The van der Waals surface area contributed by atoms with E-state index in [1.54, 1.807) is 18.0 Å². The highest BCUT2D eigenvalue weighted by atomic mass is 16.5. The predicted molar refractivity (Wildman–Crippen MR) is 130 cm³/mol. The van der Waals surface area contributed by atoms with E-state index >= 15 is 0 Å². The Hall–Kier alpha value is -3.72. The van der Waals surface area contributed by atoms with E-state index in [4.69, 9.17) is 15.2 Å². The molecule has 1 aliphatic rings. The Kier molecular flexibility index (Phi) is 6.02. The summed E-state index contributed by atoms with van der Waals surface area (Å²) in [6.07, 6.45) is 7.43. The van der Waals surface area contributed by atoms with Crippen molar-refractivity contribution in [3.05, 3.63) is 64.8 Å². The zero-order valence-corrected chi connectivity index (χ0v) is 19.3. The molecule has 9 nitrogen and oxygen atoms in total. The Bertz CT molecular complexity index is 1370. The molecule has 176 valence electrons. The van der Waals surface area contributed by atoms with Crippen molar-refractivity contribution >= 4 is 16.9 Å². The molecule has 0 bridgehead atoms. The van der Waals surface area contributed by atoms with E-state index in [2.05, 4.69) is 22.0 Å². The van der Waals surface area contributed by atoms with E-state index in [0.717, 1.165) is 37.0 Å². The lowest BCUT2D eigenvalue weighted by Gasteiger charge is -2.29. The van der Waals surface area contributed by atoms with Crippen LogP contribution in [0.15, 0.2) is 53.7 Å². The summed E-state index contributed by atoms with van der Waals surface area (Å²) >= 11 is 0. The molecule has 5 rings (SSSR count). The molecular formula is C25H28N6O3. The first-order valence-corrected chi connectivity index (χ1v) is 11.5. The van der Waals surface area contributed by atoms with Gasteiger partial charge < -0.3 is 19.8 Å². The molecule has 0 aliphatic carbocycles. The van der Waals surface area contributed by atoms with Crippen LogP contribution in [0.1, 0.15) is 31.4 Å². The van der Waals surface area contributed by atoms with Crippen molar-refractivity contribution in [2.24, 2.45) is 5.92 Å². The largest absolute Gasteiger partial charge is 0.494 e. The average molecular weight is 461 g/mol. The standard InChI is InChI=1S/C25H28N6O3/c1-16(17-8-11-34-12-9-17)31-10-4-5-18(24(31)32)14-30-15-19(13-27-30)22-20-6-3-7-21(33-2)23(20)29-25(26)28-22/h3-7,10,13,15-17H,8-9,11-12,14H2,1-2H3,(H2,26,28,29)/t16-/m1/s1. The van der Waals surface area contributed by atoms with Crippen LogP contribution in [-0.4, -0.2) is 44.6 Å². The van der Waals surface area contributed by atoms with Gasteiger partial charge in [-0.15, -0.1) is 0 Å². The maximum atomic E-state index is 13.3. The van der Waals surface area contributed by atoms with E-state index in [9.17, 15) is 4.79 Å². The fourth-order valence-corrected chi connectivity index (χ4v) is 4.70. The summed E-state index contributed by atoms with van der Waals surface area (Å²) in [4.78, 5) is 22.1. The van der Waals surface area contributed by atoms with Crippen LogP contribution in [0.3, 0.4) is 0 Å². The monoisotopic (exact) mass is 460 g/mol. The number of benzene rings is 1. The van der Waals surface area contributed by atoms with Crippen molar-refractivity contribution in [3.63, 3.8) is 0 Å². The van der Waals surface area contributed by atoms with Gasteiger partial charge in [0.2, 0.25) is 5.95 Å². The molecule has 0 saturated carbocycles. The highest BCUT2D eigenvalue weighted by molar-refractivity contribution is 5.96. The molecule has 3 aromatic heterocycles. The first kappa shape index (κ1) is 22.1. The summed E-state index contributed by atoms with van der Waals surface area (Å²) in [6.45, 7) is 4.00. The van der Waals surface area contributed by atoms with Gasteiger partial charge in [0.05, 0.1) is 25.5 Å². The maximum Gasteiger partial charge on any atom is 0.255 e. The molecule has 34 heavy (non-hydrogen) atoms. The van der Waals surface area contributed by atoms with Gasteiger partial charge in [0.15, 0.2) is 0 Å². The van der Waals surface area contributed by atoms with Crippen molar-refractivity contribution in [1.29, 1.82) is 0 Å². The fraction of sp³-hybridized carbons (Fsp3) is 0.360. The number of pyridine rings is 1. The van der Waals surface area contributed by atoms with Gasteiger partial charge in [-0.1, -0.05) is 18.2 Å². The number of nitrogens with zero attached hydrogens (tertiary/aromatic N) is 5. The van der Waals surface area contributed by atoms with Crippen LogP contribution in [-0.2, 0) is 11.3 Å². The van der Waals surface area contributed by atoms with Crippen LogP contribution in [0.25, 0.3) is 22.2 Å². The summed E-state index contributed by atoms with van der Waals surface area (Å²) in [6, 6.07) is 9.57. The molecule has 0 spiro atoms. The topological polar surface area (TPSA) is 110 Å². The van der Waals surface area contributed by atoms with Crippen molar-refractivity contribution in [2.45, 2.75) is 32.4 Å². The fourth-order valence-electron chi connectivity index (χ4n) is 4.70. The molecular weight excluding hydrogens is 432 g/mol. The molecule has 9 heteroatoms. The molecule has 4 aromatic rings. The summed E-state index contributed by atoms with van der Waals surface area (Å²) in [7, 11) is 1.60. The predicted octanol–water partition coefficient (Wildman–Crippen LogP) is 3.28. The number of hydrogen-bond acceptors (Lipinski definition) is 7. The third-order valence-corrected chi connectivity index (χ3v) is 6.61. The quantitative estimate of drug-likeness (QED) is 0.470. The number of nitrogen functional groups attached to an aromatic ring is 1. The Morgan fingerprint density at radius 3 is 2.82 bits per heavy atom. The Balaban J connectivity index is 1.44. The molecule has 1 atom stereocenters. The smallest absolute Gasteiger partial charge is 0.255 e. The second kappa shape index (κ2) is 9.26. The zero-order valence-electron chi connectivity index (χ0n) is 19.3. The Morgan fingerprint density at radius 2 is 2.03 bits per heavy atom. The minimum atomic E-state index is 0.0139. The van der Waals surface area contributed by atoms with Crippen molar-refractivity contribution in [2.75, 3.05) is 26.1 Å².